The van der Waals surface area contributed by atoms with Gasteiger partial charge in [0.15, 0.2) is 5.17 Å². The number of anilines is 1. The topological polar surface area (TPSA) is 61.9 Å². The maximum atomic E-state index is 7.69. The van der Waals surface area contributed by atoms with Crippen molar-refractivity contribution in [2.75, 3.05) is 11.1 Å². The average molecular weight is 308 g/mol. The Labute approximate surface area is 125 Å². The molecule has 2 rings (SSSR count). The van der Waals surface area contributed by atoms with Gasteiger partial charge in [-0.05, 0) is 36.3 Å². The summed E-state index contributed by atoms with van der Waals surface area (Å²) in [5.41, 5.74) is 8.17. The Kier molecular flexibility index (Phi) is 7.07. The predicted molar refractivity (Wildman–Crippen MR) is 85.5 cm³/mol. The first-order valence-electron chi connectivity index (χ1n) is 5.52. The van der Waals surface area contributed by atoms with E-state index in [-0.39, 0.29) is 30.4 Å². The van der Waals surface area contributed by atoms with Gasteiger partial charge in [-0.1, -0.05) is 30.8 Å². The van der Waals surface area contributed by atoms with Gasteiger partial charge in [0, 0.05) is 11.2 Å². The third-order valence-corrected chi connectivity index (χ3v) is 3.45. The molecule has 102 valence electrons. The van der Waals surface area contributed by atoms with E-state index in [2.05, 4.69) is 17.4 Å². The van der Waals surface area contributed by atoms with Crippen molar-refractivity contribution in [1.82, 2.24) is 0 Å². The monoisotopic (exact) mass is 307 g/mol. The van der Waals surface area contributed by atoms with E-state index in [1.165, 1.54) is 17.3 Å². The molecule has 0 unspecified atom stereocenters. The summed E-state index contributed by atoms with van der Waals surface area (Å²) in [6.45, 7) is 2.04. The lowest BCUT2D eigenvalue weighted by Gasteiger charge is -2.12. The maximum absolute atomic E-state index is 7.69. The molecular weight excluding hydrogens is 289 g/mol. The molecule has 1 aromatic carbocycles. The Morgan fingerprint density at radius 1 is 1.44 bits per heavy atom. The van der Waals surface area contributed by atoms with Gasteiger partial charge in [0.1, 0.15) is 0 Å². The van der Waals surface area contributed by atoms with Gasteiger partial charge < -0.3 is 11.1 Å². The fourth-order valence-corrected chi connectivity index (χ4v) is 2.12. The molecular formula is C12H19Cl2N3S. The number of nitrogens with one attached hydrogen (secondary N) is 2. The van der Waals surface area contributed by atoms with Crippen LogP contribution in [-0.4, -0.2) is 10.9 Å². The third kappa shape index (κ3) is 4.35. The minimum absolute atomic E-state index is 0. The van der Waals surface area contributed by atoms with Crippen molar-refractivity contribution >= 4 is 47.4 Å². The summed E-state index contributed by atoms with van der Waals surface area (Å²) in [5, 5.41) is 11.3. The summed E-state index contributed by atoms with van der Waals surface area (Å²) in [6.07, 6.45) is 2.13. The molecule has 0 bridgehead atoms. The number of rotatable bonds is 3. The smallest absolute Gasteiger partial charge is 0.158 e. The number of benzene rings is 1. The van der Waals surface area contributed by atoms with E-state index < -0.39 is 0 Å². The average Bonchev–Trinajstić information content (AvgIpc) is 2.99. The Morgan fingerprint density at radius 3 is 2.67 bits per heavy atom. The van der Waals surface area contributed by atoms with E-state index in [0.717, 1.165) is 24.3 Å². The number of halogens is 2. The minimum atomic E-state index is -0.0994. The normalized spacial score (nSPS) is 15.0. The van der Waals surface area contributed by atoms with Crippen molar-refractivity contribution in [1.29, 1.82) is 5.41 Å². The molecule has 0 spiro atoms. The molecule has 1 fully saturated rings. The lowest BCUT2D eigenvalue weighted by molar-refractivity contribution is 0.740. The van der Waals surface area contributed by atoms with Crippen LogP contribution in [0.4, 0.5) is 5.69 Å². The number of thioether (sulfide) groups is 1. The molecule has 0 saturated heterocycles. The number of amidine groups is 1. The molecule has 1 aliphatic rings. The first kappa shape index (κ1) is 17.6. The quantitative estimate of drug-likeness (QED) is 0.591. The van der Waals surface area contributed by atoms with Crippen molar-refractivity contribution in [3.05, 3.63) is 29.8 Å². The van der Waals surface area contributed by atoms with Crippen molar-refractivity contribution < 1.29 is 0 Å². The molecule has 0 heterocycles. The van der Waals surface area contributed by atoms with Crippen molar-refractivity contribution in [3.63, 3.8) is 0 Å². The molecule has 1 aromatic rings. The third-order valence-electron chi connectivity index (χ3n) is 2.77. The molecule has 0 amide bonds. The second-order valence-electron chi connectivity index (χ2n) is 4.12. The first-order valence-corrected chi connectivity index (χ1v) is 6.50. The van der Waals surface area contributed by atoms with Crippen LogP contribution in [0.25, 0.3) is 0 Å². The molecule has 0 aromatic heterocycles. The highest BCUT2D eigenvalue weighted by atomic mass is 35.5. The van der Waals surface area contributed by atoms with Gasteiger partial charge in [-0.15, -0.1) is 24.8 Å². The zero-order valence-corrected chi connectivity index (χ0v) is 12.7. The van der Waals surface area contributed by atoms with Gasteiger partial charge in [-0.25, -0.2) is 0 Å². The van der Waals surface area contributed by atoms with Crippen LogP contribution in [0.15, 0.2) is 24.3 Å². The molecule has 4 N–H and O–H groups in total. The summed E-state index contributed by atoms with van der Waals surface area (Å²) in [5.74, 6) is 0.909. The maximum Gasteiger partial charge on any atom is 0.158 e. The summed E-state index contributed by atoms with van der Waals surface area (Å²) in [4.78, 5) is 0. The van der Waals surface area contributed by atoms with Crippen molar-refractivity contribution in [2.45, 2.75) is 25.3 Å². The molecule has 1 saturated carbocycles. The highest BCUT2D eigenvalue weighted by molar-refractivity contribution is 8.14. The van der Waals surface area contributed by atoms with Crippen LogP contribution < -0.4 is 11.1 Å². The number of hydrogen-bond donors (Lipinski definition) is 3. The van der Waals surface area contributed by atoms with E-state index in [1.54, 1.807) is 0 Å². The van der Waals surface area contributed by atoms with Crippen molar-refractivity contribution in [3.8, 4) is 0 Å². The first-order chi connectivity index (χ1) is 7.64. The van der Waals surface area contributed by atoms with E-state index in [9.17, 15) is 0 Å². The zero-order chi connectivity index (χ0) is 11.6. The summed E-state index contributed by atoms with van der Waals surface area (Å²) in [7, 11) is 0. The summed E-state index contributed by atoms with van der Waals surface area (Å²) >= 11 is 1.50. The van der Waals surface area contributed by atoms with Crippen LogP contribution in [0.1, 0.15) is 25.3 Å². The molecule has 18 heavy (non-hydrogen) atoms. The number of hydrogen-bond acceptors (Lipinski definition) is 3. The highest BCUT2D eigenvalue weighted by Crippen LogP contribution is 2.43. The Morgan fingerprint density at radius 2 is 2.11 bits per heavy atom. The second kappa shape index (κ2) is 7.24. The van der Waals surface area contributed by atoms with Crippen LogP contribution in [-0.2, 0) is 5.54 Å². The Balaban J connectivity index is 0.00000144. The largest absolute Gasteiger partial charge is 0.335 e. The SMILES string of the molecule is CCSC(=N)Nc1cccc(C2(N)CC2)c1.Cl.Cl. The van der Waals surface area contributed by atoms with E-state index in [1.807, 2.05) is 19.1 Å². The van der Waals surface area contributed by atoms with Gasteiger partial charge in [-0.2, -0.15) is 0 Å². The fourth-order valence-electron chi connectivity index (χ4n) is 1.64. The van der Waals surface area contributed by atoms with Gasteiger partial charge in [0.25, 0.3) is 0 Å². The Hall–Kier alpha value is -0.420. The van der Waals surface area contributed by atoms with Crippen molar-refractivity contribution in [2.24, 2.45) is 5.73 Å². The van der Waals surface area contributed by atoms with E-state index in [0.29, 0.717) is 5.17 Å². The molecule has 3 nitrogen and oxygen atoms in total. The minimum Gasteiger partial charge on any atom is -0.335 e. The predicted octanol–water partition coefficient (Wildman–Crippen LogP) is 3.58. The van der Waals surface area contributed by atoms with Crippen LogP contribution in [0.2, 0.25) is 0 Å². The lowest BCUT2D eigenvalue weighted by atomic mass is 10.1. The molecule has 1 aliphatic carbocycles. The molecule has 6 heteroatoms. The van der Waals surface area contributed by atoms with Crippen LogP contribution in [0.3, 0.4) is 0 Å². The fraction of sp³-hybridized carbons (Fsp3) is 0.417. The van der Waals surface area contributed by atoms with Crippen LogP contribution in [0, 0.1) is 5.41 Å². The molecule has 0 aliphatic heterocycles. The Bertz CT molecular complexity index is 408. The van der Waals surface area contributed by atoms with E-state index in [4.69, 9.17) is 11.1 Å². The lowest BCUT2D eigenvalue weighted by Crippen LogP contribution is -2.19. The van der Waals surface area contributed by atoms with Crippen LogP contribution >= 0.6 is 36.6 Å². The van der Waals surface area contributed by atoms with Gasteiger partial charge >= 0.3 is 0 Å². The second-order valence-corrected chi connectivity index (χ2v) is 5.40. The number of nitrogens with two attached hydrogens (primary N) is 1. The summed E-state index contributed by atoms with van der Waals surface area (Å²) in [6, 6.07) is 8.08. The van der Waals surface area contributed by atoms with Crippen LogP contribution in [0.5, 0.6) is 0 Å². The standard InChI is InChI=1S/C12H17N3S.2ClH/c1-2-16-11(13)15-10-5-3-4-9(8-10)12(14)6-7-12;;/h3-5,8H,2,6-7,14H2,1H3,(H2,13,15);2*1H. The molecule has 0 atom stereocenters. The van der Waals surface area contributed by atoms with Gasteiger partial charge in [0.05, 0.1) is 0 Å². The zero-order valence-electron chi connectivity index (χ0n) is 10.2. The summed E-state index contributed by atoms with van der Waals surface area (Å²) < 4.78 is 0. The molecule has 0 radical (unpaired) electrons. The van der Waals surface area contributed by atoms with Gasteiger partial charge in [-0.3, -0.25) is 5.41 Å². The van der Waals surface area contributed by atoms with E-state index >= 15 is 0 Å². The highest BCUT2D eigenvalue weighted by Gasteiger charge is 2.39. The van der Waals surface area contributed by atoms with Gasteiger partial charge in [0.2, 0.25) is 0 Å².